The summed E-state index contributed by atoms with van der Waals surface area (Å²) in [6.45, 7) is 0.899. The monoisotopic (exact) mass is 296 g/mol. The first-order chi connectivity index (χ1) is 7.78. The lowest BCUT2D eigenvalue weighted by molar-refractivity contribution is 0.596. The van der Waals surface area contributed by atoms with Crippen LogP contribution in [-0.4, -0.2) is 26.0 Å². The molecule has 0 atom stereocenters. The normalized spacial score (nSPS) is 13.4. The van der Waals surface area contributed by atoms with E-state index in [0.717, 1.165) is 34.1 Å². The van der Waals surface area contributed by atoms with Crippen LogP contribution < -0.4 is 0 Å². The Kier molecular flexibility index (Phi) is 2.48. The summed E-state index contributed by atoms with van der Waals surface area (Å²) in [5.41, 5.74) is 3.30. The van der Waals surface area contributed by atoms with E-state index in [4.69, 9.17) is 0 Å². The molecular formula is C10H9BrN4S. The molecule has 0 aliphatic carbocycles. The molecule has 4 nitrogen and oxygen atoms in total. The zero-order valence-corrected chi connectivity index (χ0v) is 11.0. The van der Waals surface area contributed by atoms with Gasteiger partial charge in [-0.05, 0) is 28.6 Å². The lowest BCUT2D eigenvalue weighted by Gasteiger charge is -2.16. The van der Waals surface area contributed by atoms with E-state index in [1.54, 1.807) is 11.8 Å². The van der Waals surface area contributed by atoms with Gasteiger partial charge in [-0.15, -0.1) is 0 Å². The number of fused-ring (bicyclic) bond motifs is 3. The smallest absolute Gasteiger partial charge is 0.187 e. The van der Waals surface area contributed by atoms with Gasteiger partial charge in [0.05, 0.1) is 11.4 Å². The van der Waals surface area contributed by atoms with Crippen molar-refractivity contribution in [3.8, 4) is 11.4 Å². The fourth-order valence-corrected chi connectivity index (χ4v) is 2.62. The van der Waals surface area contributed by atoms with Crippen molar-refractivity contribution in [3.63, 3.8) is 0 Å². The lowest BCUT2D eigenvalue weighted by Crippen LogP contribution is -2.13. The number of nitrogens with zero attached hydrogens (tertiary/aromatic N) is 4. The highest BCUT2D eigenvalue weighted by Crippen LogP contribution is 2.29. The van der Waals surface area contributed by atoms with Crippen LogP contribution in [0.2, 0.25) is 0 Å². The topological polar surface area (TPSA) is 43.6 Å². The van der Waals surface area contributed by atoms with Gasteiger partial charge in [-0.3, -0.25) is 4.68 Å². The Hall–Kier alpha value is -0.880. The molecule has 0 bridgehead atoms. The largest absolute Gasteiger partial charge is 0.262 e. The van der Waals surface area contributed by atoms with E-state index < -0.39 is 0 Å². The Bertz CT molecular complexity index is 552. The maximum Gasteiger partial charge on any atom is 0.187 e. The molecule has 2 aromatic heterocycles. The SMILES string of the molecule is CSc1ncc2c(n1)-c1cc(Br)nn1CC2. The predicted octanol–water partition coefficient (Wildman–Crippen LogP) is 2.38. The maximum absolute atomic E-state index is 4.56. The second-order valence-corrected chi connectivity index (χ2v) is 5.14. The van der Waals surface area contributed by atoms with Gasteiger partial charge in [0.2, 0.25) is 0 Å². The molecule has 1 aliphatic heterocycles. The summed E-state index contributed by atoms with van der Waals surface area (Å²) in [6.07, 6.45) is 4.86. The van der Waals surface area contributed by atoms with Gasteiger partial charge in [0.1, 0.15) is 4.60 Å². The lowest BCUT2D eigenvalue weighted by atomic mass is 10.1. The molecule has 0 fully saturated rings. The van der Waals surface area contributed by atoms with Crippen LogP contribution in [0.3, 0.4) is 0 Å². The predicted molar refractivity (Wildman–Crippen MR) is 66.4 cm³/mol. The van der Waals surface area contributed by atoms with Crippen LogP contribution in [0.15, 0.2) is 22.0 Å². The molecule has 0 spiro atoms. The first-order valence-electron chi connectivity index (χ1n) is 4.91. The molecule has 0 unspecified atom stereocenters. The molecular weight excluding hydrogens is 288 g/mol. The third kappa shape index (κ3) is 1.56. The van der Waals surface area contributed by atoms with Crippen LogP contribution in [0.25, 0.3) is 11.4 Å². The number of hydrogen-bond donors (Lipinski definition) is 0. The summed E-state index contributed by atoms with van der Waals surface area (Å²) >= 11 is 4.96. The van der Waals surface area contributed by atoms with Gasteiger partial charge in [-0.2, -0.15) is 5.10 Å². The van der Waals surface area contributed by atoms with Crippen molar-refractivity contribution in [1.29, 1.82) is 0 Å². The molecule has 3 rings (SSSR count). The van der Waals surface area contributed by atoms with Crippen molar-refractivity contribution in [2.75, 3.05) is 6.26 Å². The maximum atomic E-state index is 4.56. The molecule has 0 aromatic carbocycles. The highest BCUT2D eigenvalue weighted by Gasteiger charge is 2.20. The average Bonchev–Trinajstić information content (AvgIpc) is 2.69. The quantitative estimate of drug-likeness (QED) is 0.599. The van der Waals surface area contributed by atoms with Crippen molar-refractivity contribution in [3.05, 3.63) is 22.4 Å². The number of aromatic nitrogens is 4. The Morgan fingerprint density at radius 3 is 3.19 bits per heavy atom. The van der Waals surface area contributed by atoms with Gasteiger partial charge in [0, 0.05) is 24.4 Å². The van der Waals surface area contributed by atoms with Gasteiger partial charge in [0.15, 0.2) is 5.16 Å². The number of hydrogen-bond acceptors (Lipinski definition) is 4. The van der Waals surface area contributed by atoms with E-state index in [1.807, 2.05) is 23.2 Å². The van der Waals surface area contributed by atoms with E-state index in [9.17, 15) is 0 Å². The van der Waals surface area contributed by atoms with Crippen LogP contribution in [0.4, 0.5) is 0 Å². The average molecular weight is 297 g/mol. The van der Waals surface area contributed by atoms with E-state index in [0.29, 0.717) is 0 Å². The molecule has 16 heavy (non-hydrogen) atoms. The highest BCUT2D eigenvalue weighted by atomic mass is 79.9. The van der Waals surface area contributed by atoms with E-state index in [1.165, 1.54) is 5.56 Å². The molecule has 3 heterocycles. The summed E-state index contributed by atoms with van der Waals surface area (Å²) in [7, 11) is 0. The molecule has 6 heteroatoms. The summed E-state index contributed by atoms with van der Waals surface area (Å²) in [6, 6.07) is 2.01. The minimum Gasteiger partial charge on any atom is -0.262 e. The molecule has 0 amide bonds. The second-order valence-electron chi connectivity index (χ2n) is 3.56. The second kappa shape index (κ2) is 3.85. The summed E-state index contributed by atoms with van der Waals surface area (Å²) in [5, 5.41) is 5.18. The van der Waals surface area contributed by atoms with Crippen molar-refractivity contribution >= 4 is 27.7 Å². The Labute approximate surface area is 106 Å². The van der Waals surface area contributed by atoms with Gasteiger partial charge >= 0.3 is 0 Å². The minimum atomic E-state index is 0.810. The molecule has 1 aliphatic rings. The summed E-state index contributed by atoms with van der Waals surface area (Å²) in [5.74, 6) is 0. The molecule has 0 N–H and O–H groups in total. The third-order valence-electron chi connectivity index (χ3n) is 2.61. The highest BCUT2D eigenvalue weighted by molar-refractivity contribution is 9.10. The minimum absolute atomic E-state index is 0.810. The third-order valence-corrected chi connectivity index (χ3v) is 3.56. The van der Waals surface area contributed by atoms with E-state index in [2.05, 4.69) is 31.0 Å². The van der Waals surface area contributed by atoms with Crippen molar-refractivity contribution in [2.24, 2.45) is 0 Å². The molecule has 2 aromatic rings. The summed E-state index contributed by atoms with van der Waals surface area (Å²) in [4.78, 5) is 8.86. The van der Waals surface area contributed by atoms with Crippen LogP contribution >= 0.6 is 27.7 Å². The molecule has 0 saturated heterocycles. The van der Waals surface area contributed by atoms with Crippen LogP contribution in [0.1, 0.15) is 5.56 Å². The van der Waals surface area contributed by atoms with Crippen molar-refractivity contribution in [1.82, 2.24) is 19.7 Å². The molecule has 82 valence electrons. The van der Waals surface area contributed by atoms with Crippen LogP contribution in [0.5, 0.6) is 0 Å². The zero-order chi connectivity index (χ0) is 11.1. The number of thioether (sulfide) groups is 1. The van der Waals surface area contributed by atoms with Gasteiger partial charge < -0.3 is 0 Å². The standard InChI is InChI=1S/C10H9BrN4S/c1-16-10-12-5-6-2-3-15-7(9(6)13-10)4-8(11)14-15/h4-5H,2-3H2,1H3. The first-order valence-corrected chi connectivity index (χ1v) is 6.93. The fourth-order valence-electron chi connectivity index (χ4n) is 1.87. The number of halogens is 1. The number of aryl methyl sites for hydroxylation is 2. The van der Waals surface area contributed by atoms with Gasteiger partial charge in [-0.25, -0.2) is 9.97 Å². The fraction of sp³-hybridized carbons (Fsp3) is 0.300. The van der Waals surface area contributed by atoms with Crippen molar-refractivity contribution < 1.29 is 0 Å². The Morgan fingerprint density at radius 1 is 1.50 bits per heavy atom. The zero-order valence-electron chi connectivity index (χ0n) is 8.64. The Morgan fingerprint density at radius 2 is 2.38 bits per heavy atom. The van der Waals surface area contributed by atoms with Crippen molar-refractivity contribution in [2.45, 2.75) is 18.1 Å². The molecule has 0 saturated carbocycles. The van der Waals surface area contributed by atoms with E-state index in [-0.39, 0.29) is 0 Å². The van der Waals surface area contributed by atoms with E-state index >= 15 is 0 Å². The van der Waals surface area contributed by atoms with Crippen LogP contribution in [0, 0.1) is 0 Å². The summed E-state index contributed by atoms with van der Waals surface area (Å²) < 4.78 is 2.85. The number of rotatable bonds is 1. The van der Waals surface area contributed by atoms with Gasteiger partial charge in [0.25, 0.3) is 0 Å². The molecule has 0 radical (unpaired) electrons. The van der Waals surface area contributed by atoms with Crippen LogP contribution in [-0.2, 0) is 13.0 Å². The Balaban J connectivity index is 2.21. The van der Waals surface area contributed by atoms with Gasteiger partial charge in [-0.1, -0.05) is 11.8 Å². The first kappa shape index (κ1) is 10.3.